The van der Waals surface area contributed by atoms with E-state index in [9.17, 15) is 43.3 Å². The van der Waals surface area contributed by atoms with E-state index in [-0.39, 0.29) is 0 Å². The molecule has 33 heavy (non-hydrogen) atoms. The van der Waals surface area contributed by atoms with Crippen molar-refractivity contribution >= 4 is 39.2 Å². The van der Waals surface area contributed by atoms with Crippen molar-refractivity contribution in [2.45, 2.75) is 30.5 Å². The Bertz CT molecular complexity index is 1100. The molecule has 0 amide bonds. The lowest BCUT2D eigenvalue weighted by molar-refractivity contribution is -0.283. The number of halogens is 1. The lowest BCUT2D eigenvalue weighted by atomic mass is 9.59. The fourth-order valence-electron chi connectivity index (χ4n) is 2.42. The molecule has 1 aromatic heterocycles. The van der Waals surface area contributed by atoms with Gasteiger partial charge in [-0.05, 0) is 6.92 Å². The van der Waals surface area contributed by atoms with Crippen molar-refractivity contribution in [3.8, 4) is 0 Å². The second-order valence-corrected chi connectivity index (χ2v) is 11.1. The fourth-order valence-corrected chi connectivity index (χ4v) is 5.77. The SMILES string of the molecule is BC(B)(OP(=O)(O)OP(=O)(O)OP(=O)(O)O)[C@@](F)(O[C@H](CO)n1ccc(=O)[nH]c1=O)[C@H](C)O. The number of hydrogen-bond donors (Lipinski definition) is 7. The normalized spacial score (nSPS) is 20.2. The number of nitrogens with zero attached hydrogens (tertiary/aromatic N) is 1. The van der Waals surface area contributed by atoms with Crippen molar-refractivity contribution in [3.05, 3.63) is 33.1 Å². The minimum Gasteiger partial charge on any atom is -0.392 e. The van der Waals surface area contributed by atoms with E-state index in [4.69, 9.17) is 14.5 Å². The first-order valence-corrected chi connectivity index (χ1v) is 13.0. The van der Waals surface area contributed by atoms with Gasteiger partial charge in [0.25, 0.3) is 11.4 Å². The Morgan fingerprint density at radius 2 is 1.70 bits per heavy atom. The van der Waals surface area contributed by atoms with Gasteiger partial charge in [0.15, 0.2) is 6.23 Å². The number of nitrogens with one attached hydrogen (secondary N) is 1. The molecule has 0 radical (unpaired) electrons. The topological polar surface area (TPSA) is 264 Å². The molecule has 0 aliphatic rings. The highest BCUT2D eigenvalue weighted by Gasteiger charge is 2.57. The van der Waals surface area contributed by atoms with Crippen LogP contribution in [0.1, 0.15) is 13.2 Å². The molecule has 0 spiro atoms. The molecule has 0 fully saturated rings. The van der Waals surface area contributed by atoms with Gasteiger partial charge in [0.2, 0.25) is 0 Å². The third-order valence-corrected chi connectivity index (χ3v) is 7.76. The van der Waals surface area contributed by atoms with E-state index >= 15 is 4.39 Å². The van der Waals surface area contributed by atoms with Crippen LogP contribution in [0.4, 0.5) is 4.39 Å². The molecular weight excluding hydrogens is 522 g/mol. The minimum absolute atomic E-state index is 0.499. The highest BCUT2D eigenvalue weighted by molar-refractivity contribution is 7.66. The zero-order valence-corrected chi connectivity index (χ0v) is 19.7. The molecule has 0 aliphatic carbocycles. The molecule has 1 heterocycles. The summed E-state index contributed by atoms with van der Waals surface area (Å²) in [5.41, 5.74) is -2.01. The number of alkyl halides is 1. The standard InChI is InChI=1S/C10H20B2FN2O15P3/c1-5(17)9(13,27-7(4-16)15-3-2-6(18)14-8(15)19)10(11,12)28-32(23,24)30-33(25,26)29-31(20,21)22/h2-3,5,7,16-17H,4,11-12H2,1H3,(H,23,24)(H,25,26)(H,14,18,19)(H2,20,21,22)/t5-,7+,9-/m0/s1. The zero-order chi connectivity index (χ0) is 26.0. The fraction of sp³-hybridized carbons (Fsp3) is 0.600. The summed E-state index contributed by atoms with van der Waals surface area (Å²) in [7, 11) is -16.1. The van der Waals surface area contributed by atoms with Crippen LogP contribution in [0.2, 0.25) is 0 Å². The monoisotopic (exact) mass is 542 g/mol. The lowest BCUT2D eigenvalue weighted by Gasteiger charge is -2.43. The number of aromatic amines is 1. The van der Waals surface area contributed by atoms with Gasteiger partial charge in [-0.2, -0.15) is 8.62 Å². The maximum absolute atomic E-state index is 15.8. The summed E-state index contributed by atoms with van der Waals surface area (Å²) in [6.07, 6.45) is -3.38. The third kappa shape index (κ3) is 8.33. The maximum atomic E-state index is 15.8. The van der Waals surface area contributed by atoms with Crippen LogP contribution in [-0.2, 0) is 31.6 Å². The van der Waals surface area contributed by atoms with E-state index in [2.05, 4.69) is 13.1 Å². The smallest absolute Gasteiger partial charge is 0.392 e. The zero-order valence-electron chi connectivity index (χ0n) is 17.0. The van der Waals surface area contributed by atoms with Gasteiger partial charge in [0.05, 0.1) is 12.0 Å². The molecule has 17 nitrogen and oxygen atoms in total. The van der Waals surface area contributed by atoms with Gasteiger partial charge in [-0.25, -0.2) is 22.9 Å². The first-order valence-electron chi connectivity index (χ1n) is 8.46. The summed E-state index contributed by atoms with van der Waals surface area (Å²) in [5.74, 6) is -3.58. The molecular formula is C10H20B2FN2O15P3. The third-order valence-electron chi connectivity index (χ3n) is 3.74. The maximum Gasteiger partial charge on any atom is 0.490 e. The first kappa shape index (κ1) is 30.1. The van der Waals surface area contributed by atoms with Crippen molar-refractivity contribution in [2.24, 2.45) is 0 Å². The van der Waals surface area contributed by atoms with Crippen LogP contribution >= 0.6 is 23.5 Å². The van der Waals surface area contributed by atoms with E-state index in [1.807, 2.05) is 0 Å². The number of H-pyrrole nitrogens is 1. The number of ether oxygens (including phenoxy) is 1. The van der Waals surface area contributed by atoms with Crippen LogP contribution < -0.4 is 11.2 Å². The number of aromatic nitrogens is 2. The number of phosphoric ester groups is 1. The molecule has 0 aliphatic heterocycles. The molecule has 0 bridgehead atoms. The van der Waals surface area contributed by atoms with Crippen LogP contribution in [0.5, 0.6) is 0 Å². The van der Waals surface area contributed by atoms with Crippen molar-refractivity contribution in [2.75, 3.05) is 6.61 Å². The number of rotatable bonds is 12. The van der Waals surface area contributed by atoms with E-state index in [0.717, 1.165) is 19.2 Å². The number of aliphatic hydroxyl groups is 2. The Morgan fingerprint density at radius 1 is 1.15 bits per heavy atom. The summed E-state index contributed by atoms with van der Waals surface area (Å²) in [6, 6.07) is 0.812. The average Bonchev–Trinajstić information content (AvgIpc) is 2.55. The molecule has 7 N–H and O–H groups in total. The summed E-state index contributed by atoms with van der Waals surface area (Å²) in [6.45, 7) is -0.359. The number of aliphatic hydroxyl groups excluding tert-OH is 2. The quantitative estimate of drug-likeness (QED) is 0.0992. The van der Waals surface area contributed by atoms with E-state index in [1.54, 1.807) is 4.98 Å². The van der Waals surface area contributed by atoms with Crippen LogP contribution in [0.25, 0.3) is 0 Å². The first-order chi connectivity index (χ1) is 14.6. The average molecular weight is 542 g/mol. The van der Waals surface area contributed by atoms with Crippen LogP contribution in [0.15, 0.2) is 21.9 Å². The summed E-state index contributed by atoms with van der Waals surface area (Å²) < 4.78 is 67.0. The second kappa shape index (κ2) is 10.3. The van der Waals surface area contributed by atoms with Crippen LogP contribution in [-0.4, -0.2) is 79.0 Å². The van der Waals surface area contributed by atoms with Gasteiger partial charge in [-0.15, -0.1) is 0 Å². The largest absolute Gasteiger partial charge is 0.490 e. The van der Waals surface area contributed by atoms with E-state index in [1.165, 1.54) is 0 Å². The Morgan fingerprint density at radius 3 is 2.12 bits per heavy atom. The van der Waals surface area contributed by atoms with Gasteiger partial charge < -0.3 is 34.5 Å². The Labute approximate surface area is 185 Å². The van der Waals surface area contributed by atoms with Crippen molar-refractivity contribution in [1.29, 1.82) is 0 Å². The van der Waals surface area contributed by atoms with Gasteiger partial charge in [0.1, 0.15) is 21.8 Å². The Balaban J connectivity index is 3.29. The molecule has 2 unspecified atom stereocenters. The summed E-state index contributed by atoms with van der Waals surface area (Å²) in [4.78, 5) is 60.9. The van der Waals surface area contributed by atoms with Gasteiger partial charge in [0, 0.05) is 12.3 Å². The minimum atomic E-state index is -5.94. The predicted molar refractivity (Wildman–Crippen MR) is 109 cm³/mol. The number of phosphoric acid groups is 3. The molecule has 1 rings (SSSR count). The van der Waals surface area contributed by atoms with Crippen molar-refractivity contribution < 1.29 is 65.8 Å². The van der Waals surface area contributed by atoms with Gasteiger partial charge in [-0.3, -0.25) is 18.9 Å². The predicted octanol–water partition coefficient (Wildman–Crippen LogP) is -3.65. The van der Waals surface area contributed by atoms with Gasteiger partial charge in [-0.1, -0.05) is 0 Å². The molecule has 1 aromatic rings. The van der Waals surface area contributed by atoms with Gasteiger partial charge >= 0.3 is 29.2 Å². The highest BCUT2D eigenvalue weighted by atomic mass is 31.3. The van der Waals surface area contributed by atoms with E-state index in [0.29, 0.717) is 20.3 Å². The molecule has 0 saturated carbocycles. The molecule has 5 atom stereocenters. The molecule has 23 heteroatoms. The lowest BCUT2D eigenvalue weighted by Crippen LogP contribution is -2.62. The van der Waals surface area contributed by atoms with E-state index < -0.39 is 64.9 Å². The summed E-state index contributed by atoms with van der Waals surface area (Å²) in [5, 5.41) is 16.7. The van der Waals surface area contributed by atoms with Crippen LogP contribution in [0.3, 0.4) is 0 Å². The Kier molecular flexibility index (Phi) is 9.42. The second-order valence-electron chi connectivity index (χ2n) is 6.79. The Hall–Kier alpha value is -0.970. The number of hydrogen-bond acceptors (Lipinski definition) is 11. The molecule has 188 valence electrons. The molecule has 0 aromatic carbocycles. The summed E-state index contributed by atoms with van der Waals surface area (Å²) >= 11 is 0. The van der Waals surface area contributed by atoms with Crippen LogP contribution in [0, 0.1) is 0 Å². The highest BCUT2D eigenvalue weighted by Crippen LogP contribution is 2.67. The van der Waals surface area contributed by atoms with Crippen molar-refractivity contribution in [3.63, 3.8) is 0 Å². The molecule has 0 saturated heterocycles. The van der Waals surface area contributed by atoms with Crippen molar-refractivity contribution in [1.82, 2.24) is 9.55 Å².